The Morgan fingerprint density at radius 1 is 0.390 bits per heavy atom. The van der Waals surface area contributed by atoms with Crippen LogP contribution in [-0.2, 0) is 0 Å². The van der Waals surface area contributed by atoms with E-state index in [-0.39, 0.29) is 0 Å². The minimum absolute atomic E-state index is 0.787. The van der Waals surface area contributed by atoms with E-state index in [1.54, 1.807) is 0 Å². The molecule has 0 fully saturated rings. The van der Waals surface area contributed by atoms with Crippen molar-refractivity contribution in [2.24, 2.45) is 0 Å². The third kappa shape index (κ3) is 4.13. The van der Waals surface area contributed by atoms with Crippen LogP contribution in [0.25, 0.3) is 132 Å². The molecule has 13 aromatic rings. The molecule has 0 bridgehead atoms. The first-order chi connectivity index (χ1) is 29.3. The van der Waals surface area contributed by atoms with Gasteiger partial charge in [0.2, 0.25) is 0 Å². The lowest BCUT2D eigenvalue weighted by molar-refractivity contribution is 0.669. The number of rotatable bonds is 2. The van der Waals surface area contributed by atoms with Crippen LogP contribution in [0.2, 0.25) is 0 Å². The Hall–Kier alpha value is -8.02. The van der Waals surface area contributed by atoms with Gasteiger partial charge < -0.3 is 8.98 Å². The second-order valence-electron chi connectivity index (χ2n) is 15.7. The molecular weight excluding hydrogens is 721 g/mol. The summed E-state index contributed by atoms with van der Waals surface area (Å²) in [6.07, 6.45) is 0. The van der Waals surface area contributed by atoms with Crippen LogP contribution in [0.3, 0.4) is 0 Å². The van der Waals surface area contributed by atoms with Crippen LogP contribution in [0.4, 0.5) is 0 Å². The van der Waals surface area contributed by atoms with Crippen molar-refractivity contribution in [1.29, 1.82) is 0 Å². The molecule has 0 unspecified atom stereocenters. The first-order valence-electron chi connectivity index (χ1n) is 20.1. The van der Waals surface area contributed by atoms with Gasteiger partial charge in [0, 0.05) is 54.4 Å². The van der Waals surface area contributed by atoms with E-state index in [0.29, 0.717) is 0 Å². The topological polar surface area (TPSA) is 48.8 Å². The van der Waals surface area contributed by atoms with Gasteiger partial charge in [-0.25, -0.2) is 9.97 Å². The standard InChI is InChI=1S/C54H30N4O/c1-2-13-33-31(12-1)24-26-44-52(33)56-51(32-25-27-50-43(28-32)38-18-7-10-23-49(38)59-50)54(55-44)58-46-22-9-6-17-37(46)41-29-47-42(30-48(41)58)40-20-11-19-39-35-15-4-3-14-34(35)36-16-5-8-21-45(36)57(47)53(39)40/h1-30H. The summed E-state index contributed by atoms with van der Waals surface area (Å²) in [5.41, 5.74) is 16.0. The minimum Gasteiger partial charge on any atom is -0.456 e. The number of nitrogens with zero attached hydrogens (tertiary/aromatic N) is 4. The lowest BCUT2D eigenvalue weighted by atomic mass is 9.94. The van der Waals surface area contributed by atoms with E-state index in [1.165, 1.54) is 49.7 Å². The molecule has 1 aliphatic heterocycles. The molecule has 4 aromatic heterocycles. The number of hydrogen-bond acceptors (Lipinski definition) is 3. The lowest BCUT2D eigenvalue weighted by Crippen LogP contribution is -2.04. The van der Waals surface area contributed by atoms with Crippen molar-refractivity contribution in [3.8, 4) is 45.0 Å². The summed E-state index contributed by atoms with van der Waals surface area (Å²) in [5.74, 6) is 0.787. The third-order valence-corrected chi connectivity index (χ3v) is 12.6. The monoisotopic (exact) mass is 750 g/mol. The van der Waals surface area contributed by atoms with Crippen LogP contribution >= 0.6 is 0 Å². The van der Waals surface area contributed by atoms with E-state index in [9.17, 15) is 0 Å². The first-order valence-corrected chi connectivity index (χ1v) is 20.1. The largest absolute Gasteiger partial charge is 0.456 e. The number of para-hydroxylation sites is 4. The Morgan fingerprint density at radius 2 is 1.05 bits per heavy atom. The molecule has 5 nitrogen and oxygen atoms in total. The maximum atomic E-state index is 6.30. The molecule has 0 aliphatic carbocycles. The van der Waals surface area contributed by atoms with Gasteiger partial charge in [-0.05, 0) is 71.1 Å². The van der Waals surface area contributed by atoms with Gasteiger partial charge in [-0.2, -0.15) is 0 Å². The highest BCUT2D eigenvalue weighted by molar-refractivity contribution is 6.22. The van der Waals surface area contributed by atoms with E-state index < -0.39 is 0 Å². The smallest absolute Gasteiger partial charge is 0.165 e. The average Bonchev–Trinajstić information content (AvgIpc) is 3.92. The molecule has 0 saturated heterocycles. The Bertz CT molecular complexity index is 3980. The molecule has 1 aliphatic rings. The second-order valence-corrected chi connectivity index (χ2v) is 15.7. The summed E-state index contributed by atoms with van der Waals surface area (Å²) in [5, 5.41) is 9.09. The van der Waals surface area contributed by atoms with Crippen molar-refractivity contribution in [2.45, 2.75) is 0 Å². The molecule has 0 radical (unpaired) electrons. The van der Waals surface area contributed by atoms with Gasteiger partial charge in [-0.1, -0.05) is 127 Å². The van der Waals surface area contributed by atoms with Gasteiger partial charge >= 0.3 is 0 Å². The predicted octanol–water partition coefficient (Wildman–Crippen LogP) is 14.2. The highest BCUT2D eigenvalue weighted by Gasteiger charge is 2.27. The quantitative estimate of drug-likeness (QED) is 0.165. The van der Waals surface area contributed by atoms with E-state index >= 15 is 0 Å². The maximum absolute atomic E-state index is 6.30. The summed E-state index contributed by atoms with van der Waals surface area (Å²) < 4.78 is 11.1. The SMILES string of the molecule is c1ccc2c(c1)-c1ccccc1-n1c3cc4c5ccccc5n(-c5nc6ccc7ccccc7c6nc5-c5ccc6oc7ccccc7c6c5)c4cc3c3cccc-2c31. The predicted molar refractivity (Wildman–Crippen MR) is 243 cm³/mol. The van der Waals surface area contributed by atoms with Gasteiger partial charge in [0.1, 0.15) is 16.9 Å². The van der Waals surface area contributed by atoms with Crippen molar-refractivity contribution >= 4 is 87.4 Å². The zero-order chi connectivity index (χ0) is 38.3. The van der Waals surface area contributed by atoms with Crippen molar-refractivity contribution < 1.29 is 4.42 Å². The van der Waals surface area contributed by atoms with Crippen molar-refractivity contribution in [3.63, 3.8) is 0 Å². The van der Waals surface area contributed by atoms with Gasteiger partial charge in [-0.3, -0.25) is 4.57 Å². The molecule has 0 N–H and O–H groups in total. The molecule has 5 heteroatoms. The summed E-state index contributed by atoms with van der Waals surface area (Å²) in [7, 11) is 0. The fraction of sp³-hybridized carbons (Fsp3) is 0. The van der Waals surface area contributed by atoms with Gasteiger partial charge in [0.05, 0.1) is 38.8 Å². The van der Waals surface area contributed by atoms with E-state index in [0.717, 1.165) is 82.6 Å². The molecular formula is C54H30N4O. The average molecular weight is 751 g/mol. The molecule has 14 rings (SSSR count). The van der Waals surface area contributed by atoms with Crippen molar-refractivity contribution in [2.75, 3.05) is 0 Å². The van der Waals surface area contributed by atoms with Crippen LogP contribution in [0, 0.1) is 0 Å². The Kier molecular flexibility index (Phi) is 5.96. The molecule has 0 spiro atoms. The first kappa shape index (κ1) is 31.1. The molecule has 272 valence electrons. The van der Waals surface area contributed by atoms with Crippen LogP contribution in [0.1, 0.15) is 0 Å². The third-order valence-electron chi connectivity index (χ3n) is 12.6. The normalized spacial score (nSPS) is 12.4. The lowest BCUT2D eigenvalue weighted by Gasteiger charge is -2.15. The van der Waals surface area contributed by atoms with Gasteiger partial charge in [-0.15, -0.1) is 0 Å². The fourth-order valence-corrected chi connectivity index (χ4v) is 10.1. The fourth-order valence-electron chi connectivity index (χ4n) is 10.1. The van der Waals surface area contributed by atoms with Crippen LogP contribution in [0.15, 0.2) is 186 Å². The van der Waals surface area contributed by atoms with E-state index in [4.69, 9.17) is 14.4 Å². The molecule has 59 heavy (non-hydrogen) atoms. The van der Waals surface area contributed by atoms with E-state index in [2.05, 4.69) is 179 Å². The summed E-state index contributed by atoms with van der Waals surface area (Å²) in [4.78, 5) is 11.2. The number of benzene rings is 9. The summed E-state index contributed by atoms with van der Waals surface area (Å²) in [6, 6.07) is 65.3. The molecule has 0 atom stereocenters. The van der Waals surface area contributed by atoms with Crippen molar-refractivity contribution in [1.82, 2.24) is 19.1 Å². The molecule has 5 heterocycles. The zero-order valence-corrected chi connectivity index (χ0v) is 31.5. The molecule has 0 amide bonds. The molecule has 9 aromatic carbocycles. The number of fused-ring (bicyclic) bond motifs is 17. The zero-order valence-electron chi connectivity index (χ0n) is 31.5. The van der Waals surface area contributed by atoms with Crippen molar-refractivity contribution in [3.05, 3.63) is 182 Å². The second kappa shape index (κ2) is 11.3. The summed E-state index contributed by atoms with van der Waals surface area (Å²) in [6.45, 7) is 0. The maximum Gasteiger partial charge on any atom is 0.165 e. The Labute approximate surface area is 336 Å². The van der Waals surface area contributed by atoms with Gasteiger partial charge in [0.15, 0.2) is 5.82 Å². The van der Waals surface area contributed by atoms with Crippen LogP contribution < -0.4 is 0 Å². The number of furan rings is 1. The molecule has 0 saturated carbocycles. The number of hydrogen-bond donors (Lipinski definition) is 0. The highest BCUT2D eigenvalue weighted by atomic mass is 16.3. The minimum atomic E-state index is 0.787. The van der Waals surface area contributed by atoms with Gasteiger partial charge in [0.25, 0.3) is 0 Å². The highest BCUT2D eigenvalue weighted by Crippen LogP contribution is 2.48. The van der Waals surface area contributed by atoms with Crippen LogP contribution in [-0.4, -0.2) is 19.1 Å². The Morgan fingerprint density at radius 3 is 1.95 bits per heavy atom. The Balaban J connectivity index is 1.13. The summed E-state index contributed by atoms with van der Waals surface area (Å²) >= 11 is 0. The number of aromatic nitrogens is 4. The van der Waals surface area contributed by atoms with Crippen LogP contribution in [0.5, 0.6) is 0 Å². The van der Waals surface area contributed by atoms with E-state index in [1.807, 2.05) is 12.1 Å².